The maximum Gasteiger partial charge on any atom is 0.0954 e. The van der Waals surface area contributed by atoms with E-state index in [0.29, 0.717) is 11.3 Å². The smallest absolute Gasteiger partial charge is 0.0954 e. The number of ether oxygens (including phenoxy) is 1. The Labute approximate surface area is 150 Å². The van der Waals surface area contributed by atoms with E-state index in [2.05, 4.69) is 31.7 Å². The van der Waals surface area contributed by atoms with Gasteiger partial charge in [0.2, 0.25) is 0 Å². The first kappa shape index (κ1) is 15.0. The molecular weight excluding hydrogens is 306 g/mol. The molecule has 1 heterocycles. The van der Waals surface area contributed by atoms with Crippen LogP contribution in [0.2, 0.25) is 0 Å². The summed E-state index contributed by atoms with van der Waals surface area (Å²) in [6.07, 6.45) is 14.3. The summed E-state index contributed by atoms with van der Waals surface area (Å²) in [5.74, 6) is 4.79. The van der Waals surface area contributed by atoms with Gasteiger partial charge < -0.3 is 10.1 Å². The fourth-order valence-corrected chi connectivity index (χ4v) is 8.23. The van der Waals surface area contributed by atoms with Crippen LogP contribution in [0, 0.1) is 46.3 Å². The molecule has 8 atom stereocenters. The monoisotopic (exact) mass is 335 g/mol. The van der Waals surface area contributed by atoms with E-state index in [-0.39, 0.29) is 5.60 Å². The second kappa shape index (κ2) is 4.57. The van der Waals surface area contributed by atoms with Gasteiger partial charge in [-0.2, -0.15) is 0 Å². The van der Waals surface area contributed by atoms with E-state index >= 15 is 0 Å². The third-order valence-electron chi connectivity index (χ3n) is 9.13. The molecule has 0 aromatic heterocycles. The zero-order valence-corrected chi connectivity index (χ0v) is 15.3. The molecule has 25 heavy (non-hydrogen) atoms. The molecule has 132 valence electrons. The second-order valence-electron chi connectivity index (χ2n) is 9.90. The van der Waals surface area contributed by atoms with Gasteiger partial charge in [0.25, 0.3) is 0 Å². The molecule has 0 aromatic rings. The summed E-state index contributed by atoms with van der Waals surface area (Å²) in [6, 6.07) is 0. The van der Waals surface area contributed by atoms with Gasteiger partial charge in [0.05, 0.1) is 12.2 Å². The topological polar surface area (TPSA) is 33.1 Å². The largest absolute Gasteiger partial charge is 0.366 e. The highest BCUT2D eigenvalue weighted by atomic mass is 16.5. The van der Waals surface area contributed by atoms with E-state index in [9.17, 15) is 0 Å². The van der Waals surface area contributed by atoms with Gasteiger partial charge in [0.15, 0.2) is 0 Å². The van der Waals surface area contributed by atoms with Crippen molar-refractivity contribution in [2.75, 3.05) is 6.61 Å². The number of nitrogens with one attached hydrogen (secondary N) is 1. The summed E-state index contributed by atoms with van der Waals surface area (Å²) in [4.78, 5) is 0. The van der Waals surface area contributed by atoms with Crippen molar-refractivity contribution in [1.82, 2.24) is 0 Å². The van der Waals surface area contributed by atoms with Crippen molar-refractivity contribution in [2.24, 2.45) is 40.9 Å². The number of allylic oxidation sites excluding steroid dienone is 3. The summed E-state index contributed by atoms with van der Waals surface area (Å²) in [5.41, 5.74) is 3.99. The summed E-state index contributed by atoms with van der Waals surface area (Å²) < 4.78 is 6.48. The lowest BCUT2D eigenvalue weighted by Gasteiger charge is -2.57. The Balaban J connectivity index is 1.41. The molecule has 5 aliphatic carbocycles. The lowest BCUT2D eigenvalue weighted by molar-refractivity contribution is -0.128. The van der Waals surface area contributed by atoms with Crippen molar-refractivity contribution < 1.29 is 4.74 Å². The van der Waals surface area contributed by atoms with E-state index in [1.165, 1.54) is 43.3 Å². The summed E-state index contributed by atoms with van der Waals surface area (Å²) in [7, 11) is 0. The Hall–Kier alpha value is -1.15. The predicted molar refractivity (Wildman–Crippen MR) is 99.5 cm³/mol. The molecular formula is C23H29NO. The van der Waals surface area contributed by atoms with Gasteiger partial charge in [-0.25, -0.2) is 0 Å². The third kappa shape index (κ3) is 1.64. The first-order chi connectivity index (χ1) is 12.1. The molecule has 1 aliphatic heterocycles. The van der Waals surface area contributed by atoms with Gasteiger partial charge in [0.1, 0.15) is 0 Å². The van der Waals surface area contributed by atoms with Crippen LogP contribution in [0.15, 0.2) is 36.0 Å². The van der Waals surface area contributed by atoms with Gasteiger partial charge in [-0.15, -0.1) is 0 Å². The van der Waals surface area contributed by atoms with Gasteiger partial charge in [0, 0.05) is 11.1 Å². The summed E-state index contributed by atoms with van der Waals surface area (Å²) in [6.45, 7) is 7.86. The highest BCUT2D eigenvalue weighted by Gasteiger charge is 2.76. The van der Waals surface area contributed by atoms with Crippen molar-refractivity contribution in [3.8, 4) is 0 Å². The number of rotatable bonds is 0. The van der Waals surface area contributed by atoms with E-state index in [4.69, 9.17) is 10.1 Å². The molecule has 4 saturated carbocycles. The van der Waals surface area contributed by atoms with Crippen LogP contribution in [-0.2, 0) is 4.74 Å². The Morgan fingerprint density at radius 3 is 2.92 bits per heavy atom. The molecule has 0 aromatic carbocycles. The first-order valence-electron chi connectivity index (χ1n) is 10.3. The van der Waals surface area contributed by atoms with Crippen molar-refractivity contribution >= 4 is 5.71 Å². The third-order valence-corrected chi connectivity index (χ3v) is 9.13. The highest BCUT2D eigenvalue weighted by molar-refractivity contribution is 5.94. The minimum Gasteiger partial charge on any atom is -0.366 e. The Morgan fingerprint density at radius 1 is 1.24 bits per heavy atom. The van der Waals surface area contributed by atoms with Gasteiger partial charge in [-0.3, -0.25) is 0 Å². The molecule has 6 rings (SSSR count). The van der Waals surface area contributed by atoms with E-state index in [0.717, 1.165) is 48.3 Å². The summed E-state index contributed by atoms with van der Waals surface area (Å²) in [5, 5.41) is 8.09. The Bertz CT molecular complexity index is 747. The second-order valence-corrected chi connectivity index (χ2v) is 9.90. The fraction of sp³-hybridized carbons (Fsp3) is 0.696. The van der Waals surface area contributed by atoms with Crippen molar-refractivity contribution in [1.29, 1.82) is 5.41 Å². The number of hydrogen-bond acceptors (Lipinski definition) is 2. The van der Waals surface area contributed by atoms with Crippen LogP contribution in [-0.4, -0.2) is 17.9 Å². The maximum absolute atomic E-state index is 8.09. The molecule has 4 fully saturated rings. The maximum atomic E-state index is 8.09. The van der Waals surface area contributed by atoms with Crippen molar-refractivity contribution in [3.63, 3.8) is 0 Å². The van der Waals surface area contributed by atoms with Gasteiger partial charge in [-0.05, 0) is 85.7 Å². The number of fused-ring (bicyclic) bond motifs is 9. The molecule has 6 aliphatic rings. The lowest BCUT2D eigenvalue weighted by Crippen LogP contribution is -2.54. The SMILES string of the molecule is C=C1CC2C(CC[C@@]3(C)C2C2CC2[C@@]32C=CCO2)[C@H]2CCC(=N)C=C12. The molecule has 1 N–H and O–H groups in total. The molecule has 1 spiro atoms. The predicted octanol–water partition coefficient (Wildman–Crippen LogP) is 4.93. The van der Waals surface area contributed by atoms with Crippen LogP contribution >= 0.6 is 0 Å². The minimum atomic E-state index is 0.0550. The standard InChI is InChI=1S/C23H29NO/c1-13-10-18-16(15-5-4-14(24)11-17(13)15)6-8-22(2)21(18)19-12-20(19)23(22)7-3-9-25-23/h3,7,11,15-16,18-21,24H,1,4-6,8-10,12H2,2H3/t15-,16?,18?,19?,20?,21?,22+,23+/m1/s1. The zero-order valence-electron chi connectivity index (χ0n) is 15.3. The van der Waals surface area contributed by atoms with Crippen molar-refractivity contribution in [2.45, 2.75) is 51.0 Å². The molecule has 0 bridgehead atoms. The lowest BCUT2D eigenvalue weighted by atomic mass is 9.48. The van der Waals surface area contributed by atoms with Gasteiger partial charge in [-0.1, -0.05) is 31.2 Å². The quantitative estimate of drug-likeness (QED) is 0.626. The normalized spacial score (nSPS) is 55.5. The Morgan fingerprint density at radius 2 is 2.12 bits per heavy atom. The van der Waals surface area contributed by atoms with Crippen LogP contribution in [0.1, 0.15) is 45.4 Å². The molecule has 2 nitrogen and oxygen atoms in total. The van der Waals surface area contributed by atoms with Crippen LogP contribution in [0.5, 0.6) is 0 Å². The van der Waals surface area contributed by atoms with E-state index in [1.54, 1.807) is 0 Å². The van der Waals surface area contributed by atoms with E-state index < -0.39 is 0 Å². The average Bonchev–Trinajstić information content (AvgIpc) is 3.15. The number of hydrogen-bond donors (Lipinski definition) is 1. The van der Waals surface area contributed by atoms with Crippen LogP contribution in [0.3, 0.4) is 0 Å². The highest BCUT2D eigenvalue weighted by Crippen LogP contribution is 2.77. The Kier molecular flexibility index (Phi) is 2.74. The average molecular weight is 335 g/mol. The van der Waals surface area contributed by atoms with Crippen LogP contribution < -0.4 is 0 Å². The molecule has 5 unspecified atom stereocenters. The van der Waals surface area contributed by atoms with Crippen LogP contribution in [0.25, 0.3) is 0 Å². The zero-order chi connectivity index (χ0) is 17.0. The molecule has 2 heteroatoms. The molecule has 0 radical (unpaired) electrons. The summed E-state index contributed by atoms with van der Waals surface area (Å²) >= 11 is 0. The minimum absolute atomic E-state index is 0.0550. The van der Waals surface area contributed by atoms with Crippen LogP contribution in [0.4, 0.5) is 0 Å². The van der Waals surface area contributed by atoms with Gasteiger partial charge >= 0.3 is 0 Å². The van der Waals surface area contributed by atoms with E-state index in [1.807, 2.05) is 0 Å². The molecule has 0 saturated heterocycles. The molecule has 0 amide bonds. The van der Waals surface area contributed by atoms with Crippen molar-refractivity contribution in [3.05, 3.63) is 36.0 Å². The fourth-order valence-electron chi connectivity index (χ4n) is 8.23. The first-order valence-corrected chi connectivity index (χ1v) is 10.3.